The Bertz CT molecular complexity index is 3310. The van der Waals surface area contributed by atoms with E-state index >= 15 is 0 Å². The van der Waals surface area contributed by atoms with Crippen molar-refractivity contribution in [3.63, 3.8) is 0 Å². The summed E-state index contributed by atoms with van der Waals surface area (Å²) in [6, 6.07) is 59.1. The molecule has 0 N–H and O–H groups in total. The van der Waals surface area contributed by atoms with Crippen LogP contribution in [0.15, 0.2) is 170 Å². The maximum Gasteiger partial charge on any atom is 0.164 e. The summed E-state index contributed by atoms with van der Waals surface area (Å²) in [6.45, 7) is 0. The van der Waals surface area contributed by atoms with Gasteiger partial charge in [-0.2, -0.15) is 0 Å². The molecule has 12 rings (SSSR count). The minimum atomic E-state index is 0.616. The average molecular weight is 701 g/mol. The second-order valence-corrected chi connectivity index (χ2v) is 14.1. The van der Waals surface area contributed by atoms with E-state index in [1.165, 1.54) is 32.3 Å². The molecule has 0 saturated heterocycles. The third-order valence-electron chi connectivity index (χ3n) is 10.9. The Labute approximate surface area is 315 Å². The molecular weight excluding hydrogens is 673 g/mol. The lowest BCUT2D eigenvalue weighted by atomic mass is 9.98. The van der Waals surface area contributed by atoms with Crippen LogP contribution in [0.4, 0.5) is 0 Å². The largest absolute Gasteiger partial charge is 0.309 e. The number of rotatable bonds is 4. The minimum Gasteiger partial charge on any atom is -0.309 e. The van der Waals surface area contributed by atoms with Gasteiger partial charge in [-0.1, -0.05) is 140 Å². The number of nitrogens with zero attached hydrogens (tertiary/aromatic N) is 6. The van der Waals surface area contributed by atoms with Gasteiger partial charge in [0.1, 0.15) is 0 Å². The monoisotopic (exact) mass is 700 g/mol. The van der Waals surface area contributed by atoms with Crippen LogP contribution in [-0.4, -0.2) is 29.5 Å². The van der Waals surface area contributed by atoms with Gasteiger partial charge in [-0.25, -0.2) is 24.9 Å². The van der Waals surface area contributed by atoms with E-state index in [0.29, 0.717) is 17.5 Å². The molecule has 254 valence electrons. The minimum absolute atomic E-state index is 0.616. The summed E-state index contributed by atoms with van der Waals surface area (Å²) in [4.78, 5) is 25.5. The zero-order chi connectivity index (χ0) is 36.0. The molecule has 8 aromatic carbocycles. The summed E-state index contributed by atoms with van der Waals surface area (Å²) < 4.78 is 2.42. The summed E-state index contributed by atoms with van der Waals surface area (Å²) in [5, 5.41) is 7.18. The molecule has 0 saturated carbocycles. The van der Waals surface area contributed by atoms with Crippen molar-refractivity contribution in [2.24, 2.45) is 0 Å². The van der Waals surface area contributed by atoms with Crippen LogP contribution in [0.1, 0.15) is 0 Å². The molecule has 6 heteroatoms. The van der Waals surface area contributed by atoms with Crippen molar-refractivity contribution < 1.29 is 0 Å². The van der Waals surface area contributed by atoms with E-state index in [-0.39, 0.29) is 0 Å². The fourth-order valence-electron chi connectivity index (χ4n) is 8.50. The molecule has 55 heavy (non-hydrogen) atoms. The number of hydrogen-bond donors (Lipinski definition) is 0. The number of aromatic nitrogens is 6. The summed E-state index contributed by atoms with van der Waals surface area (Å²) in [5.74, 6) is 1.88. The summed E-state index contributed by atoms with van der Waals surface area (Å²) >= 11 is 0. The van der Waals surface area contributed by atoms with Crippen molar-refractivity contribution in [2.45, 2.75) is 0 Å². The van der Waals surface area contributed by atoms with Crippen LogP contribution in [0.25, 0.3) is 117 Å². The highest BCUT2D eigenvalue weighted by atomic mass is 15.0. The fourth-order valence-corrected chi connectivity index (χ4v) is 8.50. The first kappa shape index (κ1) is 29.9. The van der Waals surface area contributed by atoms with E-state index in [1.54, 1.807) is 0 Å². The molecule has 0 bridgehead atoms. The quantitative estimate of drug-likeness (QED) is 0.183. The molecule has 0 amide bonds. The number of fused-ring (bicyclic) bond motifs is 10. The zero-order valence-corrected chi connectivity index (χ0v) is 29.3. The molecule has 1 aliphatic carbocycles. The molecule has 0 fully saturated rings. The van der Waals surface area contributed by atoms with Gasteiger partial charge in [0.05, 0.1) is 33.5 Å². The lowest BCUT2D eigenvalue weighted by Gasteiger charge is -2.13. The van der Waals surface area contributed by atoms with E-state index < -0.39 is 0 Å². The predicted octanol–water partition coefficient (Wildman–Crippen LogP) is 11.9. The van der Waals surface area contributed by atoms with Gasteiger partial charge >= 0.3 is 0 Å². The van der Waals surface area contributed by atoms with Crippen molar-refractivity contribution in [3.8, 4) is 62.4 Å². The smallest absolute Gasteiger partial charge is 0.164 e. The van der Waals surface area contributed by atoms with Crippen molar-refractivity contribution in [1.82, 2.24) is 29.5 Å². The molecule has 3 aromatic heterocycles. The number of hydrogen-bond acceptors (Lipinski definition) is 5. The molecule has 0 unspecified atom stereocenters. The Kier molecular flexibility index (Phi) is 6.24. The van der Waals surface area contributed by atoms with Gasteiger partial charge in [-0.3, -0.25) is 0 Å². The first-order valence-corrected chi connectivity index (χ1v) is 18.4. The summed E-state index contributed by atoms with van der Waals surface area (Å²) in [5.41, 5.74) is 12.0. The molecule has 1 aliphatic rings. The maximum absolute atomic E-state index is 5.23. The first-order chi connectivity index (χ1) is 27.3. The zero-order valence-electron chi connectivity index (χ0n) is 29.3. The molecule has 0 radical (unpaired) electrons. The van der Waals surface area contributed by atoms with E-state index in [2.05, 4.69) is 89.5 Å². The van der Waals surface area contributed by atoms with Gasteiger partial charge in [0.2, 0.25) is 0 Å². The Morgan fingerprint density at radius 1 is 0.364 bits per heavy atom. The molecule has 0 aliphatic heterocycles. The van der Waals surface area contributed by atoms with Gasteiger partial charge in [0.25, 0.3) is 0 Å². The van der Waals surface area contributed by atoms with Crippen molar-refractivity contribution in [3.05, 3.63) is 170 Å². The van der Waals surface area contributed by atoms with Crippen molar-refractivity contribution in [1.29, 1.82) is 0 Å². The molecular formula is C49H28N6. The first-order valence-electron chi connectivity index (χ1n) is 18.4. The van der Waals surface area contributed by atoms with Gasteiger partial charge in [-0.05, 0) is 41.1 Å². The van der Waals surface area contributed by atoms with E-state index in [9.17, 15) is 0 Å². The van der Waals surface area contributed by atoms with Crippen LogP contribution >= 0.6 is 0 Å². The topological polar surface area (TPSA) is 69.4 Å². The molecule has 6 nitrogen and oxygen atoms in total. The Balaban J connectivity index is 1.15. The molecule has 0 atom stereocenters. The van der Waals surface area contributed by atoms with Gasteiger partial charge in [0, 0.05) is 55.0 Å². The lowest BCUT2D eigenvalue weighted by molar-refractivity contribution is 1.07. The van der Waals surface area contributed by atoms with E-state index in [0.717, 1.165) is 67.0 Å². The van der Waals surface area contributed by atoms with Crippen LogP contribution < -0.4 is 0 Å². The van der Waals surface area contributed by atoms with Crippen molar-refractivity contribution in [2.75, 3.05) is 0 Å². The van der Waals surface area contributed by atoms with E-state index in [4.69, 9.17) is 24.9 Å². The number of benzene rings is 8. The second-order valence-electron chi connectivity index (χ2n) is 14.1. The molecule has 3 heterocycles. The predicted molar refractivity (Wildman–Crippen MR) is 223 cm³/mol. The maximum atomic E-state index is 5.23. The third kappa shape index (κ3) is 4.46. The lowest BCUT2D eigenvalue weighted by Crippen LogP contribution is -2.01. The fraction of sp³-hybridized carbons (Fsp3) is 0. The normalized spacial score (nSPS) is 12.0. The van der Waals surface area contributed by atoms with Crippen LogP contribution in [0.2, 0.25) is 0 Å². The van der Waals surface area contributed by atoms with E-state index in [1.807, 2.05) is 84.9 Å². The van der Waals surface area contributed by atoms with Crippen molar-refractivity contribution >= 4 is 54.4 Å². The Morgan fingerprint density at radius 2 is 0.945 bits per heavy atom. The third-order valence-corrected chi connectivity index (χ3v) is 10.9. The van der Waals surface area contributed by atoms with Crippen LogP contribution in [0, 0.1) is 0 Å². The molecule has 11 aromatic rings. The van der Waals surface area contributed by atoms with Gasteiger partial charge in [-0.15, -0.1) is 0 Å². The molecule has 0 spiro atoms. The Morgan fingerprint density at radius 3 is 1.67 bits per heavy atom. The number of para-hydroxylation sites is 2. The van der Waals surface area contributed by atoms with Gasteiger partial charge in [0.15, 0.2) is 17.5 Å². The summed E-state index contributed by atoms with van der Waals surface area (Å²) in [7, 11) is 0. The van der Waals surface area contributed by atoms with Crippen LogP contribution in [0.3, 0.4) is 0 Å². The van der Waals surface area contributed by atoms with Crippen LogP contribution in [0.5, 0.6) is 0 Å². The van der Waals surface area contributed by atoms with Crippen LogP contribution in [-0.2, 0) is 0 Å². The highest BCUT2D eigenvalue weighted by Gasteiger charge is 2.29. The second kappa shape index (κ2) is 11.5. The highest BCUT2D eigenvalue weighted by molar-refractivity contribution is 6.31. The highest BCUT2D eigenvalue weighted by Crippen LogP contribution is 2.51. The summed E-state index contributed by atoms with van der Waals surface area (Å²) in [6.07, 6.45) is 0. The standard InChI is InChI=1S/C49H28N6/c1-3-14-30(15-4-1)47-52-48(31-16-5-2-6-17-31)54-49(53-47)32-18-11-19-33(27-32)55-41-28-38-42-35(43(41)37-26-25-29-13-7-8-20-34(29)46(37)55)21-12-22-36(42)44-45(38)51-40-24-10-9-23-39(40)50-44/h1-28H. The van der Waals surface area contributed by atoms with Gasteiger partial charge < -0.3 is 4.57 Å². The average Bonchev–Trinajstić information content (AvgIpc) is 3.76. The Hall–Kier alpha value is -7.57. The SMILES string of the molecule is c1ccc(-c2nc(-c3ccccc3)nc(-c3cccc(-n4c5cc6c7c(cccc7c5c5ccc7ccccc7c54)-c4nc5ccccc5nc4-6)c3)n2)cc1.